The van der Waals surface area contributed by atoms with Crippen LogP contribution in [0.1, 0.15) is 34.8 Å². The third-order valence-corrected chi connectivity index (χ3v) is 6.56. The van der Waals surface area contributed by atoms with Crippen molar-refractivity contribution in [1.29, 1.82) is 0 Å². The molecule has 0 radical (unpaired) electrons. The van der Waals surface area contributed by atoms with Crippen LogP contribution in [0.5, 0.6) is 5.75 Å². The molecule has 1 aromatic carbocycles. The first kappa shape index (κ1) is 17.6. The van der Waals surface area contributed by atoms with Crippen LogP contribution in [-0.4, -0.2) is 57.5 Å². The maximum Gasteiger partial charge on any atom is 0.276 e. The fourth-order valence-corrected chi connectivity index (χ4v) is 5.43. The summed E-state index contributed by atoms with van der Waals surface area (Å²) in [6.07, 6.45) is 3.49. The maximum absolute atomic E-state index is 13.9. The highest BCUT2D eigenvalue weighted by atomic mass is 19.1. The highest BCUT2D eigenvalue weighted by molar-refractivity contribution is 5.95. The van der Waals surface area contributed by atoms with Crippen LogP contribution >= 0.6 is 0 Å². The first-order valence-corrected chi connectivity index (χ1v) is 9.68. The van der Waals surface area contributed by atoms with Crippen LogP contribution < -0.4 is 0 Å². The van der Waals surface area contributed by atoms with Gasteiger partial charge in [0.2, 0.25) is 0 Å². The number of carbonyl (C=O) groups excluding carboxylic acids is 1. The molecular weight excluding hydrogens is 364 g/mol. The van der Waals surface area contributed by atoms with Gasteiger partial charge in [-0.15, -0.1) is 0 Å². The van der Waals surface area contributed by atoms with E-state index in [9.17, 15) is 18.7 Å². The number of hydrogen-bond acceptors (Lipinski definition) is 4. The topological polar surface area (TPSA) is 56.7 Å². The molecule has 2 bridgehead atoms. The molecule has 28 heavy (non-hydrogen) atoms. The number of fused-ring (bicyclic) bond motifs is 2. The zero-order chi connectivity index (χ0) is 19.4. The van der Waals surface area contributed by atoms with E-state index < -0.39 is 11.6 Å². The molecule has 0 aliphatic carbocycles. The summed E-state index contributed by atoms with van der Waals surface area (Å²) in [4.78, 5) is 21.4. The molecule has 4 fully saturated rings. The molecule has 4 aliphatic rings. The number of nitrogens with zero attached hydrogens (tertiary/aromatic N) is 3. The summed E-state index contributed by atoms with van der Waals surface area (Å²) in [5.74, 6) is -1.49. The van der Waals surface area contributed by atoms with E-state index >= 15 is 0 Å². The van der Waals surface area contributed by atoms with Crippen LogP contribution in [0.25, 0.3) is 0 Å². The number of aromatic hydroxyl groups is 1. The number of carbonyl (C=O) groups is 1. The summed E-state index contributed by atoms with van der Waals surface area (Å²) >= 11 is 0. The van der Waals surface area contributed by atoms with Crippen molar-refractivity contribution in [2.75, 3.05) is 19.6 Å². The summed E-state index contributed by atoms with van der Waals surface area (Å²) in [6.45, 7) is 2.24. The summed E-state index contributed by atoms with van der Waals surface area (Å²) in [5, 5.41) is 10.1. The SMILES string of the molecule is O=C(c1ncccc1O)N1C[C@H](c2cc(F)cc(F)c2)[C@H]2[C@@H]1C1CCN2CC1. The first-order valence-electron chi connectivity index (χ1n) is 9.68. The van der Waals surface area contributed by atoms with Crippen molar-refractivity contribution in [3.63, 3.8) is 0 Å². The fraction of sp³-hybridized carbons (Fsp3) is 0.429. The van der Waals surface area contributed by atoms with Crippen molar-refractivity contribution in [2.45, 2.75) is 30.8 Å². The van der Waals surface area contributed by atoms with Crippen LogP contribution in [0.4, 0.5) is 8.78 Å². The van der Waals surface area contributed by atoms with Gasteiger partial charge in [-0.05, 0) is 61.7 Å². The monoisotopic (exact) mass is 385 g/mol. The number of halogens is 2. The Morgan fingerprint density at radius 3 is 2.50 bits per heavy atom. The smallest absolute Gasteiger partial charge is 0.276 e. The predicted molar refractivity (Wildman–Crippen MR) is 97.9 cm³/mol. The van der Waals surface area contributed by atoms with Crippen LogP contribution in [0.2, 0.25) is 0 Å². The van der Waals surface area contributed by atoms with Gasteiger partial charge in [0.05, 0.1) is 6.04 Å². The number of hydrogen-bond donors (Lipinski definition) is 1. The van der Waals surface area contributed by atoms with Crippen molar-refractivity contribution in [2.24, 2.45) is 5.92 Å². The van der Waals surface area contributed by atoms with E-state index in [4.69, 9.17) is 0 Å². The largest absolute Gasteiger partial charge is 0.505 e. The van der Waals surface area contributed by atoms with Gasteiger partial charge in [0.25, 0.3) is 5.91 Å². The quantitative estimate of drug-likeness (QED) is 0.864. The number of likely N-dealkylation sites (tertiary alicyclic amines) is 1. The number of rotatable bonds is 2. The lowest BCUT2D eigenvalue weighted by molar-refractivity contribution is -0.00369. The van der Waals surface area contributed by atoms with Gasteiger partial charge in [-0.25, -0.2) is 13.8 Å². The molecule has 6 rings (SSSR count). The molecule has 4 saturated heterocycles. The van der Waals surface area contributed by atoms with Gasteiger partial charge < -0.3 is 10.0 Å². The summed E-state index contributed by atoms with van der Waals surface area (Å²) in [7, 11) is 0. The molecule has 7 heteroatoms. The zero-order valence-electron chi connectivity index (χ0n) is 15.3. The molecule has 2 aromatic rings. The second kappa shape index (κ2) is 6.51. The Morgan fingerprint density at radius 1 is 1.11 bits per heavy atom. The Balaban J connectivity index is 1.56. The molecule has 0 unspecified atom stereocenters. The van der Waals surface area contributed by atoms with Gasteiger partial charge in [-0.3, -0.25) is 9.69 Å². The molecule has 4 aliphatic heterocycles. The van der Waals surface area contributed by atoms with Gasteiger partial charge in [0.15, 0.2) is 5.69 Å². The normalized spacial score (nSPS) is 31.1. The van der Waals surface area contributed by atoms with Gasteiger partial charge in [-0.1, -0.05) is 0 Å². The van der Waals surface area contributed by atoms with Crippen molar-refractivity contribution in [1.82, 2.24) is 14.8 Å². The van der Waals surface area contributed by atoms with E-state index in [1.807, 2.05) is 0 Å². The number of benzene rings is 1. The Hall–Kier alpha value is -2.54. The number of piperidine rings is 3. The van der Waals surface area contributed by atoms with E-state index in [0.717, 1.165) is 32.0 Å². The standard InChI is InChI=1S/C21H21F2N3O2/c22-14-8-13(9-15(23)10-14)16-11-26(21(28)18-17(27)2-1-5-24-18)19-12-3-6-25(7-4-12)20(16)19/h1-2,5,8-10,12,16,19-20,27H,3-4,6-7,11H2/t16-,19+,20+/m1/s1. The van der Waals surface area contributed by atoms with E-state index in [-0.39, 0.29) is 35.4 Å². The number of pyridine rings is 1. The van der Waals surface area contributed by atoms with E-state index in [2.05, 4.69) is 9.88 Å². The number of aromatic nitrogens is 1. The van der Waals surface area contributed by atoms with Crippen molar-refractivity contribution < 1.29 is 18.7 Å². The molecule has 3 atom stereocenters. The Bertz CT molecular complexity index is 909. The highest BCUT2D eigenvalue weighted by Crippen LogP contribution is 2.47. The Morgan fingerprint density at radius 2 is 1.82 bits per heavy atom. The lowest BCUT2D eigenvalue weighted by Gasteiger charge is -2.51. The molecule has 1 aromatic heterocycles. The molecule has 5 heterocycles. The molecule has 146 valence electrons. The minimum absolute atomic E-state index is 0.0310. The molecule has 1 N–H and O–H groups in total. The van der Waals surface area contributed by atoms with Crippen LogP contribution in [0.15, 0.2) is 36.5 Å². The fourth-order valence-electron chi connectivity index (χ4n) is 5.43. The van der Waals surface area contributed by atoms with Crippen LogP contribution in [-0.2, 0) is 0 Å². The van der Waals surface area contributed by atoms with E-state index in [0.29, 0.717) is 18.0 Å². The second-order valence-electron chi connectivity index (χ2n) is 7.99. The minimum atomic E-state index is -0.602. The average molecular weight is 385 g/mol. The zero-order valence-corrected chi connectivity index (χ0v) is 15.3. The van der Waals surface area contributed by atoms with Crippen molar-refractivity contribution in [3.8, 4) is 5.75 Å². The van der Waals surface area contributed by atoms with Crippen molar-refractivity contribution in [3.05, 3.63) is 59.4 Å². The van der Waals surface area contributed by atoms with E-state index in [1.54, 1.807) is 11.0 Å². The maximum atomic E-state index is 13.9. The predicted octanol–water partition coefficient (Wildman–Crippen LogP) is 2.77. The van der Waals surface area contributed by atoms with Crippen molar-refractivity contribution >= 4 is 5.91 Å². The van der Waals surface area contributed by atoms with Crippen LogP contribution in [0.3, 0.4) is 0 Å². The van der Waals surface area contributed by atoms with Gasteiger partial charge >= 0.3 is 0 Å². The molecule has 5 nitrogen and oxygen atoms in total. The van der Waals surface area contributed by atoms with Gasteiger partial charge in [-0.2, -0.15) is 0 Å². The summed E-state index contributed by atoms with van der Waals surface area (Å²) in [6, 6.07) is 6.64. The Labute approximate surface area is 161 Å². The molecule has 1 amide bonds. The third kappa shape index (κ3) is 2.68. The molecule has 0 saturated carbocycles. The summed E-state index contributed by atoms with van der Waals surface area (Å²) < 4.78 is 27.8. The number of amides is 1. The minimum Gasteiger partial charge on any atom is -0.505 e. The van der Waals surface area contributed by atoms with Gasteiger partial charge in [0.1, 0.15) is 17.4 Å². The molecule has 0 spiro atoms. The second-order valence-corrected chi connectivity index (χ2v) is 7.99. The summed E-state index contributed by atoms with van der Waals surface area (Å²) in [5.41, 5.74) is 0.615. The lowest BCUT2D eigenvalue weighted by Crippen LogP contribution is -2.60. The van der Waals surface area contributed by atoms with Gasteiger partial charge in [0, 0.05) is 30.8 Å². The average Bonchev–Trinajstić information content (AvgIpc) is 3.11. The highest BCUT2D eigenvalue weighted by Gasteiger charge is 2.55. The lowest BCUT2D eigenvalue weighted by atomic mass is 9.75. The Kier molecular flexibility index (Phi) is 4.08. The molecular formula is C21H21F2N3O2. The van der Waals surface area contributed by atoms with E-state index in [1.165, 1.54) is 24.4 Å². The third-order valence-electron chi connectivity index (χ3n) is 6.56. The first-order chi connectivity index (χ1) is 13.5. The van der Waals surface area contributed by atoms with Crippen LogP contribution in [0, 0.1) is 17.6 Å².